The van der Waals surface area contributed by atoms with Crippen LogP contribution in [0.25, 0.3) is 198 Å². The van der Waals surface area contributed by atoms with E-state index in [4.69, 9.17) is 8.22 Å². The monoisotopic (exact) mass is 1500 g/mol. The predicted octanol–water partition coefficient (Wildman–Crippen LogP) is 27.3. The third-order valence-corrected chi connectivity index (χ3v) is 23.0. The second-order valence-electron chi connectivity index (χ2n) is 31.4. The van der Waals surface area contributed by atoms with E-state index in [0.29, 0.717) is 65.3 Å². The van der Waals surface area contributed by atoms with Crippen LogP contribution in [0.2, 0.25) is 0 Å². The highest BCUT2D eigenvalue weighted by molar-refractivity contribution is 7.00. The Morgan fingerprint density at radius 1 is 0.243 bits per heavy atom. The third kappa shape index (κ3) is 9.99. The number of aromatic nitrogens is 4. The fraction of sp³-hybridized carbons (Fsp3) is 0.0727. The van der Waals surface area contributed by atoms with Gasteiger partial charge >= 0.3 is 0 Å². The molecule has 0 N–H and O–H groups in total. The van der Waals surface area contributed by atoms with Crippen LogP contribution in [0.3, 0.4) is 0 Å². The van der Waals surface area contributed by atoms with Crippen molar-refractivity contribution in [3.8, 4) is 67.3 Å². The summed E-state index contributed by atoms with van der Waals surface area (Å²) in [5.41, 5.74) is -4.88. The van der Waals surface area contributed by atoms with Gasteiger partial charge in [0.15, 0.2) is 0 Å². The highest BCUT2D eigenvalue weighted by Gasteiger charge is 2.42. The maximum Gasteiger partial charge on any atom is 0.252 e. The molecule has 2 aliphatic rings. The predicted molar refractivity (Wildman–Crippen MR) is 493 cm³/mol. The average Bonchev–Trinajstić information content (AvgIpc) is 1.19. The molecule has 0 aliphatic carbocycles. The van der Waals surface area contributed by atoms with Crippen molar-refractivity contribution < 1.29 is 42.5 Å². The molecule has 4 nitrogen and oxygen atoms in total. The van der Waals surface area contributed by atoms with Gasteiger partial charge < -0.3 is 18.3 Å². The second kappa shape index (κ2) is 25.3. The van der Waals surface area contributed by atoms with Crippen molar-refractivity contribution in [1.29, 1.82) is 0 Å². The molecule has 4 aromatic heterocycles. The Morgan fingerprint density at radius 3 is 0.991 bits per heavy atom. The van der Waals surface area contributed by atoms with E-state index in [1.54, 1.807) is 45.5 Å². The minimum Gasteiger partial charge on any atom is -0.309 e. The molecule has 6 heterocycles. The molecule has 0 radical (unpaired) electrons. The SMILES string of the molecule is [2H]c1c([2H])c([2H])c(-c2c([2H])c([2H])c3c(c2[2H])c2c([2H])c([2H])c([2H])c([2H])c2n3-c2c([2H])c([2H])c3c4c2c2ccccc2c2ccccc2c2cc(C(C)(C)C)cc(-c5ccccc5)c2n4-c2c([2H])c([2H])c([2H])c4c2B3c2c([2H])c([2H])c(-n3c5c([2H])c([2H])c([2H])c([2H])c5c5c([2H])c(-c6c([2H])c([2H])c([2H])c([2H])c6[2H])c([2H])c([2H])c53)c3c5ccccc5c5ccccc5c5cc(C(C)(C)C)cc(-c6ccccc6)c5n-4c23)c([2H])c1[2H]. The summed E-state index contributed by atoms with van der Waals surface area (Å²) in [6.45, 7) is 10.3. The van der Waals surface area contributed by atoms with E-state index < -0.39 is 282 Å². The van der Waals surface area contributed by atoms with E-state index in [0.717, 1.165) is 20.3 Å². The second-order valence-corrected chi connectivity index (χ2v) is 31.4. The average molecular weight is 1500 g/mol. The lowest BCUT2D eigenvalue weighted by Crippen LogP contribution is -2.59. The molecule has 0 saturated heterocycles. The first-order valence-corrected chi connectivity index (χ1v) is 38.0. The van der Waals surface area contributed by atoms with E-state index in [9.17, 15) is 34.3 Å². The quantitative estimate of drug-likeness (QED) is 0.148. The number of hydrogen-bond acceptors (Lipinski definition) is 0. The lowest BCUT2D eigenvalue weighted by atomic mass is 9.34. The first-order valence-electron chi connectivity index (χ1n) is 53.5. The van der Waals surface area contributed by atoms with Crippen molar-refractivity contribution >= 4 is 153 Å². The van der Waals surface area contributed by atoms with Crippen LogP contribution in [-0.4, -0.2) is 25.0 Å². The third-order valence-electron chi connectivity index (χ3n) is 23.0. The Labute approximate surface area is 711 Å². The van der Waals surface area contributed by atoms with Gasteiger partial charge in [0.25, 0.3) is 6.71 Å². The Bertz CT molecular complexity index is 9310. The molecule has 5 heteroatoms. The zero-order valence-electron chi connectivity index (χ0n) is 93.7. The number of nitrogens with zero attached hydrogens (tertiary/aromatic N) is 4. The van der Waals surface area contributed by atoms with Gasteiger partial charge in [-0.1, -0.05) is 326 Å². The Morgan fingerprint density at radius 2 is 0.591 bits per heavy atom. The minimum absolute atomic E-state index is 0.0832. The largest absolute Gasteiger partial charge is 0.309 e. The molecule has 115 heavy (non-hydrogen) atoms. The zero-order valence-corrected chi connectivity index (χ0v) is 62.7. The Kier molecular flexibility index (Phi) is 9.35. The van der Waals surface area contributed by atoms with Gasteiger partial charge in [0.1, 0.15) is 0 Å². The van der Waals surface area contributed by atoms with Gasteiger partial charge in [0.05, 0.1) is 98.0 Å². The highest BCUT2D eigenvalue weighted by Crippen LogP contribution is 2.49. The highest BCUT2D eigenvalue weighted by atomic mass is 15.1. The fourth-order valence-electron chi connectivity index (χ4n) is 17.8. The number of rotatable bonds is 6. The van der Waals surface area contributed by atoms with Gasteiger partial charge in [-0.25, -0.2) is 0 Å². The van der Waals surface area contributed by atoms with E-state index in [1.807, 2.05) is 187 Å². The Balaban J connectivity index is 1.08. The van der Waals surface area contributed by atoms with Crippen molar-refractivity contribution in [1.82, 2.24) is 18.3 Å². The molecule has 0 unspecified atom stereocenters. The van der Waals surface area contributed by atoms with Gasteiger partial charge in [0.2, 0.25) is 0 Å². The number of benzene rings is 17. The molecule has 0 bridgehead atoms. The minimum atomic E-state index is -1.97. The van der Waals surface area contributed by atoms with E-state index >= 15 is 0 Å². The van der Waals surface area contributed by atoms with Gasteiger partial charge in [-0.05, 0) is 200 Å². The van der Waals surface area contributed by atoms with Gasteiger partial charge in [-0.3, -0.25) is 0 Å². The van der Waals surface area contributed by atoms with Crippen LogP contribution in [0.1, 0.15) is 95.2 Å². The van der Waals surface area contributed by atoms with Crippen LogP contribution < -0.4 is 16.4 Å². The summed E-state index contributed by atoms with van der Waals surface area (Å²) in [6, 6.07) is 29.3. The molecule has 2 aliphatic heterocycles. The molecular weight excluding hydrogens is 1390 g/mol. The molecule has 0 fully saturated rings. The lowest BCUT2D eigenvalue weighted by molar-refractivity contribution is 0.591. The molecular formula is C110H79BN4. The fourth-order valence-corrected chi connectivity index (χ4v) is 17.8. The summed E-state index contributed by atoms with van der Waals surface area (Å²) in [4.78, 5) is 0. The van der Waals surface area contributed by atoms with Crippen molar-refractivity contribution in [2.24, 2.45) is 0 Å². The maximum atomic E-state index is 12.1. The topological polar surface area (TPSA) is 19.7 Å². The summed E-state index contributed by atoms with van der Waals surface area (Å²) >= 11 is 0. The van der Waals surface area contributed by atoms with E-state index in [1.165, 1.54) is 0 Å². The van der Waals surface area contributed by atoms with Gasteiger partial charge in [0, 0.05) is 65.6 Å². The smallest absolute Gasteiger partial charge is 0.252 e. The summed E-state index contributed by atoms with van der Waals surface area (Å²) in [6.07, 6.45) is 0. The first-order chi connectivity index (χ1) is 69.3. The maximum absolute atomic E-state index is 12.1. The van der Waals surface area contributed by atoms with Crippen molar-refractivity contribution in [2.75, 3.05) is 0 Å². The van der Waals surface area contributed by atoms with Crippen LogP contribution >= 0.6 is 0 Å². The molecule has 542 valence electrons. The molecule has 17 aromatic carbocycles. The molecule has 21 aromatic rings. The van der Waals surface area contributed by atoms with Gasteiger partial charge in [-0.15, -0.1) is 0 Å². The van der Waals surface area contributed by atoms with Crippen molar-refractivity contribution in [2.45, 2.75) is 52.4 Å². The van der Waals surface area contributed by atoms with Crippen LogP contribution in [0.15, 0.2) is 369 Å². The lowest BCUT2D eigenvalue weighted by Gasteiger charge is -2.37. The molecule has 0 spiro atoms. The van der Waals surface area contributed by atoms with E-state index in [2.05, 4.69) is 0 Å². The van der Waals surface area contributed by atoms with E-state index in [-0.39, 0.29) is 71.4 Å². The van der Waals surface area contributed by atoms with Crippen LogP contribution in [0.5, 0.6) is 0 Å². The molecule has 0 saturated carbocycles. The number of hydrogen-bond donors (Lipinski definition) is 0. The Hall–Kier alpha value is -14.0. The summed E-state index contributed by atoms with van der Waals surface area (Å²) in [5, 5.41) is 1.61. The first kappa shape index (κ1) is 42.6. The molecule has 23 rings (SSSR count). The van der Waals surface area contributed by atoms with Crippen LogP contribution in [0.4, 0.5) is 0 Å². The summed E-state index contributed by atoms with van der Waals surface area (Å²) in [5.74, 6) is 0. The zero-order chi connectivity index (χ0) is 104. The van der Waals surface area contributed by atoms with Crippen molar-refractivity contribution in [3.63, 3.8) is 0 Å². The number of fused-ring (bicyclic) bond motifs is 24. The molecule has 0 atom stereocenters. The van der Waals surface area contributed by atoms with Gasteiger partial charge in [-0.2, -0.15) is 0 Å². The normalized spacial score (nSPS) is 16.4. The standard InChI is InChI=1S/C110H79BN4/c1-109(2,3)74-64-86(70-36-15-9-16-37-70)105-90(66-74)80-44-21-19-40-76(80)78-42-23-25-48-84(78)102-98(112-94-50-29-27-46-82(94)88-62-72(54-58-96(88)112)68-32-11-7-12-33-68)60-56-92-107(102)114(105)100-52-31-53-101-104(100)111(92)93-57-61-99(113-95-51-30-28-47-83(95)89-63-73(55-59-97(89)113)69-34-13-8-14-35-69)103-85-49-26-24-43-79(85)77-41-20-22-45-81(77)91-67-75(110(4,5)6)65-87(71-38-17-10-18-39-71)106(91)115(101)108(93)103/h7-67H,1-6H3/i7D,8D,11D,12D,13D,14D,27D,28D,29D,30D,31D,32D,33D,34D,35D,46D,47D,50D,51D,52D,53D,54D,55D,56D,57D,58D,59D,60D,61D,62D,63D. The number of para-hydroxylation sites is 2. The van der Waals surface area contributed by atoms with Crippen LogP contribution in [-0.2, 0) is 10.8 Å². The molecule has 0 amide bonds. The summed E-state index contributed by atoms with van der Waals surface area (Å²) < 4.78 is 322. The van der Waals surface area contributed by atoms with Crippen molar-refractivity contribution in [3.05, 3.63) is 380 Å². The van der Waals surface area contributed by atoms with Crippen LogP contribution in [0, 0.1) is 0 Å². The summed E-state index contributed by atoms with van der Waals surface area (Å²) in [7, 11) is 0.